The molecule has 2 aliphatic heterocycles. The largest absolute Gasteiger partial charge is 0.468 e. The molecule has 0 radical (unpaired) electrons. The highest BCUT2D eigenvalue weighted by molar-refractivity contribution is 8.03. The van der Waals surface area contributed by atoms with Crippen LogP contribution in [0.25, 0.3) is 0 Å². The van der Waals surface area contributed by atoms with Gasteiger partial charge in [-0.25, -0.2) is 4.79 Å². The minimum absolute atomic E-state index is 0.0622. The molecule has 2 heterocycles. The van der Waals surface area contributed by atoms with E-state index in [0.29, 0.717) is 24.2 Å². The number of hydrogen-bond donors (Lipinski definition) is 1. The molecule has 3 rings (SSSR count). The number of allylic oxidation sites excluding steroid dienone is 1. The van der Waals surface area contributed by atoms with Crippen molar-refractivity contribution >= 4 is 35.5 Å². The van der Waals surface area contributed by atoms with E-state index < -0.39 is 29.7 Å². The first-order chi connectivity index (χ1) is 15.9. The molecule has 0 saturated carbocycles. The van der Waals surface area contributed by atoms with Crippen LogP contribution in [0.1, 0.15) is 41.1 Å². The van der Waals surface area contributed by atoms with Crippen LogP contribution in [-0.2, 0) is 23.9 Å². The predicted octanol–water partition coefficient (Wildman–Crippen LogP) is 1.96. The fraction of sp³-hybridized carbons (Fsp3) is 0.435. The lowest BCUT2D eigenvalue weighted by Crippen LogP contribution is -2.44. The van der Waals surface area contributed by atoms with Gasteiger partial charge in [0.15, 0.2) is 0 Å². The molecule has 1 aromatic rings. The number of hydrogen-bond acceptors (Lipinski definition) is 8. The number of nitrogens with one attached hydrogen (secondary N) is 1. The molecule has 174 valence electrons. The summed E-state index contributed by atoms with van der Waals surface area (Å²) in [4.78, 5) is 51.5. The Kier molecular flexibility index (Phi) is 8.11. The van der Waals surface area contributed by atoms with Crippen molar-refractivity contribution in [1.82, 2.24) is 10.2 Å². The van der Waals surface area contributed by atoms with Crippen LogP contribution in [0.15, 0.2) is 34.9 Å². The maximum atomic E-state index is 12.9. The van der Waals surface area contributed by atoms with Crippen LogP contribution in [0, 0.1) is 17.2 Å². The minimum Gasteiger partial charge on any atom is -0.468 e. The first-order valence-electron chi connectivity index (χ1n) is 10.5. The van der Waals surface area contributed by atoms with Gasteiger partial charge in [-0.1, -0.05) is 23.9 Å². The fourth-order valence-electron chi connectivity index (χ4n) is 3.99. The van der Waals surface area contributed by atoms with Crippen molar-refractivity contribution in [3.05, 3.63) is 46.0 Å². The van der Waals surface area contributed by atoms with Crippen molar-refractivity contribution in [2.24, 2.45) is 5.92 Å². The number of methoxy groups -OCH3 is 2. The fourth-order valence-corrected chi connectivity index (χ4v) is 4.94. The predicted molar refractivity (Wildman–Crippen MR) is 120 cm³/mol. The Bertz CT molecular complexity index is 1010. The Morgan fingerprint density at radius 2 is 1.79 bits per heavy atom. The number of nitrogens with zero attached hydrogens (tertiary/aromatic N) is 2. The highest BCUT2D eigenvalue weighted by atomic mass is 32.2. The summed E-state index contributed by atoms with van der Waals surface area (Å²) in [6.45, 7) is 1.41. The number of thioether (sulfide) groups is 1. The van der Waals surface area contributed by atoms with Crippen LogP contribution >= 0.6 is 11.8 Å². The number of amides is 2. The Labute approximate surface area is 196 Å². The summed E-state index contributed by atoms with van der Waals surface area (Å²) < 4.78 is 9.52. The maximum Gasteiger partial charge on any atom is 0.337 e. The van der Waals surface area contributed by atoms with Crippen molar-refractivity contribution < 1.29 is 28.7 Å². The van der Waals surface area contributed by atoms with Crippen molar-refractivity contribution in [2.45, 2.75) is 25.2 Å². The van der Waals surface area contributed by atoms with Gasteiger partial charge in [0.2, 0.25) is 11.8 Å². The average molecular weight is 472 g/mol. The molecular weight excluding hydrogens is 446 g/mol. The van der Waals surface area contributed by atoms with E-state index in [0.717, 1.165) is 31.0 Å². The summed E-state index contributed by atoms with van der Waals surface area (Å²) in [6, 6.07) is 8.26. The third kappa shape index (κ3) is 5.37. The molecule has 0 unspecified atom stereocenters. The van der Waals surface area contributed by atoms with Gasteiger partial charge in [-0.2, -0.15) is 5.26 Å². The molecule has 1 aromatic carbocycles. The molecule has 0 spiro atoms. The van der Waals surface area contributed by atoms with Crippen LogP contribution < -0.4 is 5.32 Å². The topological polar surface area (TPSA) is 126 Å². The van der Waals surface area contributed by atoms with E-state index in [1.165, 1.54) is 26.4 Å². The lowest BCUT2D eigenvalue weighted by molar-refractivity contribution is -0.150. The Balaban J connectivity index is 1.93. The number of carbonyl (C=O) groups is 4. The van der Waals surface area contributed by atoms with Gasteiger partial charge in [-0.15, -0.1) is 0 Å². The molecule has 2 atom stereocenters. The van der Waals surface area contributed by atoms with Gasteiger partial charge in [0.25, 0.3) is 0 Å². The first kappa shape index (κ1) is 24.3. The first-order valence-corrected chi connectivity index (χ1v) is 11.5. The van der Waals surface area contributed by atoms with Gasteiger partial charge in [-0.05, 0) is 37.0 Å². The van der Waals surface area contributed by atoms with Gasteiger partial charge in [0, 0.05) is 19.0 Å². The number of rotatable bonds is 6. The molecule has 1 fully saturated rings. The number of ether oxygens (including phenoxy) is 2. The van der Waals surface area contributed by atoms with Gasteiger partial charge in [0.1, 0.15) is 5.92 Å². The Morgan fingerprint density at radius 1 is 1.12 bits per heavy atom. The van der Waals surface area contributed by atoms with Gasteiger partial charge >= 0.3 is 11.9 Å². The van der Waals surface area contributed by atoms with Crippen molar-refractivity contribution in [1.29, 1.82) is 5.26 Å². The molecule has 10 heteroatoms. The third-order valence-corrected chi connectivity index (χ3v) is 6.73. The van der Waals surface area contributed by atoms with E-state index in [2.05, 4.69) is 11.4 Å². The second-order valence-corrected chi connectivity index (χ2v) is 8.65. The third-order valence-electron chi connectivity index (χ3n) is 5.72. The summed E-state index contributed by atoms with van der Waals surface area (Å²) in [6.07, 6.45) is 3.02. The quantitative estimate of drug-likeness (QED) is 0.493. The van der Waals surface area contributed by atoms with Crippen molar-refractivity contribution in [3.8, 4) is 6.07 Å². The summed E-state index contributed by atoms with van der Waals surface area (Å²) in [5.74, 6) is -4.13. The van der Waals surface area contributed by atoms with Crippen molar-refractivity contribution in [3.63, 3.8) is 0 Å². The molecule has 1 saturated heterocycles. The highest BCUT2D eigenvalue weighted by Gasteiger charge is 2.44. The summed E-state index contributed by atoms with van der Waals surface area (Å²) in [5, 5.41) is 12.8. The van der Waals surface area contributed by atoms with Crippen LogP contribution in [0.3, 0.4) is 0 Å². The van der Waals surface area contributed by atoms with Crippen molar-refractivity contribution in [2.75, 3.05) is 33.1 Å². The van der Waals surface area contributed by atoms with Crippen LogP contribution in [-0.4, -0.2) is 61.7 Å². The molecule has 2 amide bonds. The number of benzene rings is 1. The standard InChI is InChI=1S/C23H25N3O6S/c1-31-22(29)15-8-6-14(7-9-15)18-16(12-24)21(25-20(28)19(18)23(30)32-2)33-13-17(27)26-10-4-3-5-11-26/h6-9,18-19H,3-5,10-11,13H2,1-2H3,(H,25,28)/t18-,19+/m1/s1. The smallest absolute Gasteiger partial charge is 0.337 e. The van der Waals surface area contributed by atoms with E-state index >= 15 is 0 Å². The number of nitriles is 1. The summed E-state index contributed by atoms with van der Waals surface area (Å²) >= 11 is 1.07. The zero-order valence-corrected chi connectivity index (χ0v) is 19.3. The molecule has 1 N–H and O–H groups in total. The SMILES string of the molecule is COC(=O)c1ccc([C@@H]2C(C#N)=C(SCC(=O)N3CCCCC3)NC(=O)[C@H]2C(=O)OC)cc1. The second kappa shape index (κ2) is 11.0. The van der Waals surface area contributed by atoms with Crippen LogP contribution in [0.2, 0.25) is 0 Å². The molecule has 0 aromatic heterocycles. The van der Waals surface area contributed by atoms with E-state index in [9.17, 15) is 24.4 Å². The molecule has 9 nitrogen and oxygen atoms in total. The summed E-state index contributed by atoms with van der Waals surface area (Å²) in [5.41, 5.74) is 0.942. The van der Waals surface area contributed by atoms with E-state index in [-0.39, 0.29) is 22.3 Å². The minimum atomic E-state index is -1.28. The zero-order chi connectivity index (χ0) is 24.0. The monoisotopic (exact) mass is 471 g/mol. The van der Waals surface area contributed by atoms with Crippen LogP contribution in [0.5, 0.6) is 0 Å². The summed E-state index contributed by atoms with van der Waals surface area (Å²) in [7, 11) is 2.44. The second-order valence-electron chi connectivity index (χ2n) is 7.67. The van der Waals surface area contributed by atoms with E-state index in [4.69, 9.17) is 9.47 Å². The molecule has 0 bridgehead atoms. The van der Waals surface area contributed by atoms with Gasteiger partial charge in [-0.3, -0.25) is 14.4 Å². The van der Waals surface area contributed by atoms with Gasteiger partial charge < -0.3 is 19.7 Å². The molecule has 2 aliphatic rings. The maximum absolute atomic E-state index is 12.9. The Morgan fingerprint density at radius 3 is 2.36 bits per heavy atom. The van der Waals surface area contributed by atoms with Crippen LogP contribution in [0.4, 0.5) is 0 Å². The Hall–Kier alpha value is -3.32. The molecule has 33 heavy (non-hydrogen) atoms. The highest BCUT2D eigenvalue weighted by Crippen LogP contribution is 2.40. The normalized spacial score (nSPS) is 20.5. The number of piperidine rings is 1. The molecular formula is C23H25N3O6S. The number of likely N-dealkylation sites (tertiary alicyclic amines) is 1. The number of esters is 2. The van der Waals surface area contributed by atoms with E-state index in [1.807, 2.05) is 0 Å². The zero-order valence-electron chi connectivity index (χ0n) is 18.5. The number of carbonyl (C=O) groups excluding carboxylic acids is 4. The lowest BCUT2D eigenvalue weighted by Gasteiger charge is -2.31. The average Bonchev–Trinajstić information content (AvgIpc) is 2.86. The lowest BCUT2D eigenvalue weighted by atomic mass is 9.78. The molecule has 0 aliphatic carbocycles. The van der Waals surface area contributed by atoms with E-state index in [1.54, 1.807) is 17.0 Å². The van der Waals surface area contributed by atoms with Gasteiger partial charge in [0.05, 0.1) is 42.2 Å².